The molecular weight excluding hydrogens is 512 g/mol. The predicted molar refractivity (Wildman–Crippen MR) is 110 cm³/mol. The van der Waals surface area contributed by atoms with Crippen molar-refractivity contribution in [3.63, 3.8) is 0 Å². The van der Waals surface area contributed by atoms with E-state index in [0.717, 1.165) is 0 Å². The summed E-state index contributed by atoms with van der Waals surface area (Å²) in [4.78, 5) is 0. The standard InChI is InChI=1S/C20H34O17/c21-1-6-9(23)14(28)20(34-6)37-16-5(22)2-32-19(15(16)29)36-8-4-33-18(13(27)11(8)25)35-7-3-31-17(30)12(26)10(7)24/h5-30H,1-4H2/t5-,6+,7-,8-,9?,10?,11?,12?,13?,14?,15?,16?,17-,18+,19+,20+/m1/s1. The molecule has 4 heterocycles. The summed E-state index contributed by atoms with van der Waals surface area (Å²) < 4.78 is 37.1. The van der Waals surface area contributed by atoms with Gasteiger partial charge in [0.05, 0.1) is 26.4 Å². The maximum absolute atomic E-state index is 10.7. The van der Waals surface area contributed by atoms with Crippen LogP contribution in [-0.2, 0) is 33.2 Å². The van der Waals surface area contributed by atoms with Crippen molar-refractivity contribution in [1.82, 2.24) is 0 Å². The molecule has 0 aromatic carbocycles. The predicted octanol–water partition coefficient (Wildman–Crippen LogP) is -7.19. The molecule has 4 aliphatic rings. The van der Waals surface area contributed by atoms with Crippen molar-refractivity contribution in [3.8, 4) is 0 Å². The second-order valence-corrected chi connectivity index (χ2v) is 9.30. The third-order valence-corrected chi connectivity index (χ3v) is 6.72. The van der Waals surface area contributed by atoms with E-state index in [1.54, 1.807) is 0 Å². The van der Waals surface area contributed by atoms with E-state index in [1.807, 2.05) is 0 Å². The summed E-state index contributed by atoms with van der Waals surface area (Å²) in [5.74, 6) is 0. The maximum Gasteiger partial charge on any atom is 0.187 e. The van der Waals surface area contributed by atoms with Gasteiger partial charge in [0.25, 0.3) is 0 Å². The van der Waals surface area contributed by atoms with Crippen LogP contribution < -0.4 is 0 Å². The molecule has 4 saturated heterocycles. The Labute approximate surface area is 209 Å². The highest BCUT2D eigenvalue weighted by atomic mass is 16.8. The van der Waals surface area contributed by atoms with E-state index in [-0.39, 0.29) is 13.2 Å². The largest absolute Gasteiger partial charge is 0.394 e. The summed E-state index contributed by atoms with van der Waals surface area (Å²) in [6.45, 7) is -1.71. The Kier molecular flexibility index (Phi) is 9.69. The fourth-order valence-corrected chi connectivity index (χ4v) is 4.44. The van der Waals surface area contributed by atoms with Gasteiger partial charge in [-0.25, -0.2) is 0 Å². The molecule has 0 spiro atoms. The minimum absolute atomic E-state index is 0.330. The minimum Gasteiger partial charge on any atom is -0.394 e. The van der Waals surface area contributed by atoms with Crippen LogP contribution in [0.15, 0.2) is 0 Å². The second kappa shape index (κ2) is 12.2. The van der Waals surface area contributed by atoms with Gasteiger partial charge in [0.1, 0.15) is 73.2 Å². The van der Waals surface area contributed by atoms with Gasteiger partial charge in [0, 0.05) is 0 Å². The summed E-state index contributed by atoms with van der Waals surface area (Å²) >= 11 is 0. The summed E-state index contributed by atoms with van der Waals surface area (Å²) in [5, 5.41) is 100. The van der Waals surface area contributed by atoms with Crippen molar-refractivity contribution in [1.29, 1.82) is 0 Å². The van der Waals surface area contributed by atoms with E-state index < -0.39 is 112 Å². The van der Waals surface area contributed by atoms with Crippen LogP contribution in [-0.4, -0.2) is 176 Å². The molecule has 17 heteroatoms. The molecule has 16 atom stereocenters. The van der Waals surface area contributed by atoms with Crippen LogP contribution in [0.3, 0.4) is 0 Å². The molecule has 0 bridgehead atoms. The van der Waals surface area contributed by atoms with Crippen molar-refractivity contribution < 1.29 is 84.2 Å². The molecule has 0 aliphatic carbocycles. The number of aliphatic hydroxyl groups excluding tert-OH is 10. The second-order valence-electron chi connectivity index (χ2n) is 9.30. The molecule has 10 N–H and O–H groups in total. The topological polar surface area (TPSA) is 267 Å². The average Bonchev–Trinajstić information content (AvgIpc) is 3.15. The lowest BCUT2D eigenvalue weighted by molar-refractivity contribution is -0.353. The molecule has 4 fully saturated rings. The van der Waals surface area contributed by atoms with Gasteiger partial charge in [0.15, 0.2) is 25.2 Å². The van der Waals surface area contributed by atoms with Crippen LogP contribution in [0.25, 0.3) is 0 Å². The van der Waals surface area contributed by atoms with Crippen molar-refractivity contribution in [2.45, 2.75) is 98.4 Å². The minimum atomic E-state index is -1.72. The maximum atomic E-state index is 10.7. The average molecular weight is 546 g/mol. The molecule has 216 valence electrons. The molecule has 8 unspecified atom stereocenters. The zero-order valence-electron chi connectivity index (χ0n) is 19.4. The van der Waals surface area contributed by atoms with E-state index in [9.17, 15) is 51.1 Å². The summed E-state index contributed by atoms with van der Waals surface area (Å²) in [6, 6.07) is 0. The van der Waals surface area contributed by atoms with E-state index in [1.165, 1.54) is 0 Å². The number of rotatable bonds is 7. The van der Waals surface area contributed by atoms with Crippen LogP contribution >= 0.6 is 0 Å². The zero-order chi connectivity index (χ0) is 27.0. The van der Waals surface area contributed by atoms with Gasteiger partial charge in [-0.15, -0.1) is 0 Å². The van der Waals surface area contributed by atoms with Crippen LogP contribution in [0.2, 0.25) is 0 Å². The molecular formula is C20H34O17. The lowest BCUT2D eigenvalue weighted by Gasteiger charge is -2.44. The molecule has 4 aliphatic heterocycles. The SMILES string of the molecule is OC[C@@H]1O[C@@H](OC2C(O)[C@H](O[C@@H]3CO[C@@H](O[C@@H]4CO[C@@H](O)C(O)C4O)C(O)C3O)OC[C@H]2O)C(O)C1O. The summed E-state index contributed by atoms with van der Waals surface area (Å²) in [6.07, 6.45) is -23.8. The van der Waals surface area contributed by atoms with Gasteiger partial charge < -0.3 is 84.2 Å². The van der Waals surface area contributed by atoms with E-state index in [4.69, 9.17) is 33.2 Å². The Morgan fingerprint density at radius 1 is 0.541 bits per heavy atom. The van der Waals surface area contributed by atoms with Gasteiger partial charge in [-0.2, -0.15) is 0 Å². The van der Waals surface area contributed by atoms with Crippen molar-refractivity contribution >= 4 is 0 Å². The Morgan fingerprint density at radius 3 is 1.70 bits per heavy atom. The Bertz CT molecular complexity index is 731. The first-order valence-electron chi connectivity index (χ1n) is 11.7. The van der Waals surface area contributed by atoms with Crippen molar-refractivity contribution in [3.05, 3.63) is 0 Å². The molecule has 0 aromatic rings. The summed E-state index contributed by atoms with van der Waals surface area (Å²) in [7, 11) is 0. The van der Waals surface area contributed by atoms with Crippen LogP contribution in [0.4, 0.5) is 0 Å². The first-order valence-corrected chi connectivity index (χ1v) is 11.7. The highest BCUT2D eigenvalue weighted by molar-refractivity contribution is 4.92. The lowest BCUT2D eigenvalue weighted by atomic mass is 10.0. The number of hydrogen-bond donors (Lipinski definition) is 10. The molecule has 0 amide bonds. The lowest BCUT2D eigenvalue weighted by Crippen LogP contribution is -2.62. The molecule has 0 radical (unpaired) electrons. The normalized spacial score (nSPS) is 53.4. The Balaban J connectivity index is 1.32. The first-order chi connectivity index (χ1) is 17.5. The highest BCUT2D eigenvalue weighted by Gasteiger charge is 2.50. The van der Waals surface area contributed by atoms with Gasteiger partial charge >= 0.3 is 0 Å². The first kappa shape index (κ1) is 29.3. The van der Waals surface area contributed by atoms with E-state index >= 15 is 0 Å². The quantitative estimate of drug-likeness (QED) is 0.142. The number of aliphatic hydroxyl groups is 10. The fourth-order valence-electron chi connectivity index (χ4n) is 4.44. The van der Waals surface area contributed by atoms with Crippen molar-refractivity contribution in [2.24, 2.45) is 0 Å². The molecule has 0 aromatic heterocycles. The number of hydrogen-bond acceptors (Lipinski definition) is 17. The number of ether oxygens (including phenoxy) is 7. The fraction of sp³-hybridized carbons (Fsp3) is 1.00. The van der Waals surface area contributed by atoms with E-state index in [2.05, 4.69) is 0 Å². The smallest absolute Gasteiger partial charge is 0.187 e. The summed E-state index contributed by atoms with van der Waals surface area (Å²) in [5.41, 5.74) is 0. The monoisotopic (exact) mass is 546 g/mol. The van der Waals surface area contributed by atoms with Crippen molar-refractivity contribution in [2.75, 3.05) is 26.4 Å². The highest BCUT2D eigenvalue weighted by Crippen LogP contribution is 2.30. The molecule has 0 saturated carbocycles. The van der Waals surface area contributed by atoms with Crippen LogP contribution in [0.5, 0.6) is 0 Å². The molecule has 37 heavy (non-hydrogen) atoms. The zero-order valence-corrected chi connectivity index (χ0v) is 19.4. The third-order valence-electron chi connectivity index (χ3n) is 6.72. The van der Waals surface area contributed by atoms with E-state index in [0.29, 0.717) is 0 Å². The third kappa shape index (κ3) is 6.08. The van der Waals surface area contributed by atoms with Gasteiger partial charge in [-0.3, -0.25) is 0 Å². The molecule has 4 rings (SSSR count). The van der Waals surface area contributed by atoms with Gasteiger partial charge in [-0.05, 0) is 0 Å². The Hall–Kier alpha value is -0.680. The van der Waals surface area contributed by atoms with Crippen LogP contribution in [0.1, 0.15) is 0 Å². The van der Waals surface area contributed by atoms with Gasteiger partial charge in [-0.1, -0.05) is 0 Å². The Morgan fingerprint density at radius 2 is 1.08 bits per heavy atom. The van der Waals surface area contributed by atoms with Crippen LogP contribution in [0, 0.1) is 0 Å². The molecule has 17 nitrogen and oxygen atoms in total. The van der Waals surface area contributed by atoms with Gasteiger partial charge in [0.2, 0.25) is 0 Å².